The van der Waals surface area contributed by atoms with E-state index in [-0.39, 0.29) is 6.42 Å². The molecule has 1 saturated heterocycles. The highest BCUT2D eigenvalue weighted by Gasteiger charge is 2.54. The number of carbonyl (C=O) groups is 2. The molecule has 1 unspecified atom stereocenters. The van der Waals surface area contributed by atoms with Gasteiger partial charge in [0.25, 0.3) is 0 Å². The molecule has 1 fully saturated rings. The summed E-state index contributed by atoms with van der Waals surface area (Å²) >= 11 is 0. The first-order valence-electron chi connectivity index (χ1n) is 8.55. The van der Waals surface area contributed by atoms with Gasteiger partial charge in [-0.1, -0.05) is 30.3 Å². The third-order valence-corrected chi connectivity index (χ3v) is 4.88. The van der Waals surface area contributed by atoms with E-state index in [4.69, 9.17) is 0 Å². The van der Waals surface area contributed by atoms with Crippen LogP contribution < -0.4 is 0 Å². The summed E-state index contributed by atoms with van der Waals surface area (Å²) in [6.45, 7) is 0.365. The quantitative estimate of drug-likeness (QED) is 0.820. The Bertz CT molecular complexity index is 855. The summed E-state index contributed by atoms with van der Waals surface area (Å²) in [6.07, 6.45) is -4.55. The molecule has 0 spiro atoms. The molecule has 1 aromatic carbocycles. The molecule has 150 valence electrons. The topological polar surface area (TPSA) is 101 Å². The zero-order chi connectivity index (χ0) is 20.5. The van der Waals surface area contributed by atoms with Crippen molar-refractivity contribution in [2.24, 2.45) is 11.8 Å². The lowest BCUT2D eigenvalue weighted by Gasteiger charge is -2.24. The highest BCUT2D eigenvalue weighted by atomic mass is 19.4. The first-order valence-corrected chi connectivity index (χ1v) is 8.55. The SMILES string of the molecule is Cc1nnnn1C(Cc1ccccc1)C(=O)N1C[C@@H](C(F)(F)F)[C@H](C(=O)O)C1. The molecular weight excluding hydrogens is 379 g/mol. The number of benzene rings is 1. The summed E-state index contributed by atoms with van der Waals surface area (Å²) in [5, 5.41) is 20.2. The molecule has 0 saturated carbocycles. The normalized spacial score (nSPS) is 20.9. The molecule has 3 rings (SSSR count). The van der Waals surface area contributed by atoms with Crippen LogP contribution in [-0.2, 0) is 16.0 Å². The van der Waals surface area contributed by atoms with E-state index in [0.29, 0.717) is 5.82 Å². The molecule has 1 aliphatic heterocycles. The van der Waals surface area contributed by atoms with Gasteiger partial charge in [0.1, 0.15) is 11.9 Å². The Kier molecular flexibility index (Phi) is 5.34. The van der Waals surface area contributed by atoms with Crippen molar-refractivity contribution in [1.29, 1.82) is 0 Å². The summed E-state index contributed by atoms with van der Waals surface area (Å²) in [4.78, 5) is 25.3. The number of aryl methyl sites for hydroxylation is 1. The average Bonchev–Trinajstić information content (AvgIpc) is 3.26. The van der Waals surface area contributed by atoms with Gasteiger partial charge in [-0.3, -0.25) is 9.59 Å². The smallest absolute Gasteiger partial charge is 0.394 e. The highest BCUT2D eigenvalue weighted by molar-refractivity contribution is 5.82. The number of carboxylic acid groups (broad SMARTS) is 1. The maximum Gasteiger partial charge on any atom is 0.394 e. The fourth-order valence-corrected chi connectivity index (χ4v) is 3.42. The average molecular weight is 397 g/mol. The number of hydrogen-bond donors (Lipinski definition) is 1. The van der Waals surface area contributed by atoms with Crippen LogP contribution in [0.2, 0.25) is 0 Å². The maximum atomic E-state index is 13.3. The number of carboxylic acids is 1. The Morgan fingerprint density at radius 2 is 1.93 bits per heavy atom. The third kappa shape index (κ3) is 3.97. The van der Waals surface area contributed by atoms with Crippen LogP contribution in [0.4, 0.5) is 13.2 Å². The van der Waals surface area contributed by atoms with Crippen LogP contribution in [0, 0.1) is 18.8 Å². The fourth-order valence-electron chi connectivity index (χ4n) is 3.42. The molecule has 28 heavy (non-hydrogen) atoms. The van der Waals surface area contributed by atoms with E-state index < -0.39 is 49.0 Å². The van der Waals surface area contributed by atoms with Crippen molar-refractivity contribution in [3.63, 3.8) is 0 Å². The van der Waals surface area contributed by atoms with Crippen molar-refractivity contribution in [2.75, 3.05) is 13.1 Å². The molecule has 2 aromatic rings. The highest BCUT2D eigenvalue weighted by Crippen LogP contribution is 2.38. The molecule has 2 heterocycles. The van der Waals surface area contributed by atoms with E-state index in [9.17, 15) is 27.9 Å². The number of nitrogens with zero attached hydrogens (tertiary/aromatic N) is 5. The number of aromatic nitrogens is 4. The second-order valence-corrected chi connectivity index (χ2v) is 6.71. The van der Waals surface area contributed by atoms with Gasteiger partial charge in [-0.25, -0.2) is 4.68 Å². The Labute approximate surface area is 157 Å². The van der Waals surface area contributed by atoms with Gasteiger partial charge in [0.2, 0.25) is 5.91 Å². The first kappa shape index (κ1) is 19.8. The molecule has 0 aliphatic carbocycles. The minimum absolute atomic E-state index is 0.163. The lowest BCUT2D eigenvalue weighted by atomic mass is 9.96. The maximum absolute atomic E-state index is 13.3. The Hall–Kier alpha value is -2.98. The molecule has 1 aliphatic rings. The summed E-state index contributed by atoms with van der Waals surface area (Å²) in [5.74, 6) is -5.69. The zero-order valence-electron chi connectivity index (χ0n) is 14.9. The molecule has 0 bridgehead atoms. The number of alkyl halides is 3. The van der Waals surface area contributed by atoms with Gasteiger partial charge in [0.15, 0.2) is 0 Å². The van der Waals surface area contributed by atoms with Crippen molar-refractivity contribution < 1.29 is 27.9 Å². The number of rotatable bonds is 5. The van der Waals surface area contributed by atoms with Crippen molar-refractivity contribution in [3.05, 3.63) is 41.7 Å². The molecule has 1 aromatic heterocycles. The third-order valence-electron chi connectivity index (χ3n) is 4.88. The Morgan fingerprint density at radius 1 is 1.25 bits per heavy atom. The molecule has 11 heteroatoms. The molecular formula is C17H18F3N5O3. The second kappa shape index (κ2) is 7.56. The van der Waals surface area contributed by atoms with E-state index >= 15 is 0 Å². The Balaban J connectivity index is 1.89. The summed E-state index contributed by atoms with van der Waals surface area (Å²) < 4.78 is 41.0. The van der Waals surface area contributed by atoms with Crippen molar-refractivity contribution in [2.45, 2.75) is 25.6 Å². The predicted octanol–water partition coefficient (Wildman–Crippen LogP) is 1.49. The largest absolute Gasteiger partial charge is 0.481 e. The predicted molar refractivity (Wildman–Crippen MR) is 89.0 cm³/mol. The zero-order valence-corrected chi connectivity index (χ0v) is 14.9. The van der Waals surface area contributed by atoms with Crippen LogP contribution in [0.3, 0.4) is 0 Å². The number of amides is 1. The van der Waals surface area contributed by atoms with Crippen LogP contribution in [-0.4, -0.2) is 61.4 Å². The van der Waals surface area contributed by atoms with Crippen LogP contribution in [0.5, 0.6) is 0 Å². The van der Waals surface area contributed by atoms with Gasteiger partial charge in [0, 0.05) is 19.5 Å². The second-order valence-electron chi connectivity index (χ2n) is 6.71. The number of likely N-dealkylation sites (tertiary alicyclic amines) is 1. The van der Waals surface area contributed by atoms with Gasteiger partial charge in [-0.05, 0) is 22.9 Å². The molecule has 1 amide bonds. The van der Waals surface area contributed by atoms with E-state index in [1.165, 1.54) is 4.68 Å². The van der Waals surface area contributed by atoms with Gasteiger partial charge in [0.05, 0.1) is 11.8 Å². The van der Waals surface area contributed by atoms with Crippen LogP contribution >= 0.6 is 0 Å². The summed E-state index contributed by atoms with van der Waals surface area (Å²) in [6, 6.07) is 7.94. The van der Waals surface area contributed by atoms with Gasteiger partial charge >= 0.3 is 12.1 Å². The van der Waals surface area contributed by atoms with Crippen molar-refractivity contribution in [3.8, 4) is 0 Å². The van der Waals surface area contributed by atoms with Gasteiger partial charge < -0.3 is 10.0 Å². The van der Waals surface area contributed by atoms with Crippen molar-refractivity contribution >= 4 is 11.9 Å². The van der Waals surface area contributed by atoms with E-state index in [2.05, 4.69) is 15.5 Å². The van der Waals surface area contributed by atoms with Crippen LogP contribution in [0.25, 0.3) is 0 Å². The van der Waals surface area contributed by atoms with E-state index in [1.807, 2.05) is 0 Å². The number of hydrogen-bond acceptors (Lipinski definition) is 5. The van der Waals surface area contributed by atoms with Crippen LogP contribution in [0.15, 0.2) is 30.3 Å². The lowest BCUT2D eigenvalue weighted by molar-refractivity contribution is -0.188. The minimum atomic E-state index is -4.71. The molecule has 0 radical (unpaired) electrons. The summed E-state index contributed by atoms with van der Waals surface area (Å²) in [7, 11) is 0. The van der Waals surface area contributed by atoms with E-state index in [0.717, 1.165) is 10.5 Å². The molecule has 1 N–H and O–H groups in total. The fraction of sp³-hybridized carbons (Fsp3) is 0.471. The monoisotopic (exact) mass is 397 g/mol. The number of aliphatic carboxylic acids is 1. The van der Waals surface area contributed by atoms with Gasteiger partial charge in [-0.2, -0.15) is 13.2 Å². The molecule has 8 nitrogen and oxygen atoms in total. The number of carbonyl (C=O) groups excluding carboxylic acids is 1. The standard InChI is InChI=1S/C17H18F3N5O3/c1-10-21-22-23-25(10)14(7-11-5-3-2-4-6-11)15(26)24-8-12(16(27)28)13(9-24)17(18,19)20/h2-6,12-14H,7-9H2,1H3,(H,27,28)/t12-,13-,14?/m1/s1. The number of tetrazole rings is 1. The van der Waals surface area contributed by atoms with Crippen molar-refractivity contribution in [1.82, 2.24) is 25.1 Å². The number of halogens is 3. The lowest BCUT2D eigenvalue weighted by Crippen LogP contribution is -2.38. The minimum Gasteiger partial charge on any atom is -0.481 e. The van der Waals surface area contributed by atoms with Crippen LogP contribution in [0.1, 0.15) is 17.4 Å². The van der Waals surface area contributed by atoms with Gasteiger partial charge in [-0.15, -0.1) is 5.10 Å². The van der Waals surface area contributed by atoms with E-state index in [1.54, 1.807) is 37.3 Å². The first-order chi connectivity index (χ1) is 13.2. The molecule has 3 atom stereocenters. The Morgan fingerprint density at radius 3 is 2.43 bits per heavy atom. The summed E-state index contributed by atoms with van der Waals surface area (Å²) in [5.41, 5.74) is 0.775.